The summed E-state index contributed by atoms with van der Waals surface area (Å²) >= 11 is 0. The molecular formula is C51H54FN3O8. The summed E-state index contributed by atoms with van der Waals surface area (Å²) in [6, 6.07) is 26.3. The highest BCUT2D eigenvalue weighted by Gasteiger charge is 2.65. The number of unbranched alkanes of at least 4 members (excludes halogenated alkanes) is 2. The molecule has 1 saturated carbocycles. The van der Waals surface area contributed by atoms with Gasteiger partial charge in [0.25, 0.3) is 5.91 Å². The van der Waals surface area contributed by atoms with Crippen LogP contribution in [0.2, 0.25) is 0 Å². The molecule has 3 aliphatic rings. The maximum atomic E-state index is 15.2. The van der Waals surface area contributed by atoms with Gasteiger partial charge in [0.15, 0.2) is 0 Å². The summed E-state index contributed by atoms with van der Waals surface area (Å²) in [4.78, 5) is 34.4. The molecule has 1 aliphatic heterocycles. The van der Waals surface area contributed by atoms with Gasteiger partial charge in [-0.15, -0.1) is 6.58 Å². The predicted molar refractivity (Wildman–Crippen MR) is 236 cm³/mol. The van der Waals surface area contributed by atoms with Crippen LogP contribution in [0, 0.1) is 34.9 Å². The van der Waals surface area contributed by atoms with E-state index in [0.29, 0.717) is 64.7 Å². The smallest absolute Gasteiger partial charge is 0.254 e. The summed E-state index contributed by atoms with van der Waals surface area (Å²) in [6.45, 7) is 6.41. The Morgan fingerprint density at radius 1 is 1.00 bits per heavy atom. The highest BCUT2D eigenvalue weighted by atomic mass is 19.1. The highest BCUT2D eigenvalue weighted by molar-refractivity contribution is 6.03. The quantitative estimate of drug-likeness (QED) is 0.0384. The van der Waals surface area contributed by atoms with E-state index in [1.54, 1.807) is 71.6 Å². The third kappa shape index (κ3) is 9.76. The van der Waals surface area contributed by atoms with E-state index >= 15 is 4.79 Å². The number of hydrogen-bond donors (Lipinski definition) is 2. The van der Waals surface area contributed by atoms with Gasteiger partial charge in [-0.05, 0) is 122 Å². The van der Waals surface area contributed by atoms with Crippen LogP contribution in [0.5, 0.6) is 17.2 Å². The Labute approximate surface area is 368 Å². The zero-order valence-electron chi connectivity index (χ0n) is 35.5. The number of oxime groups is 1. The van der Waals surface area contributed by atoms with Crippen LogP contribution in [0.3, 0.4) is 0 Å². The minimum atomic E-state index is -1.54. The van der Waals surface area contributed by atoms with Crippen molar-refractivity contribution in [3.8, 4) is 23.3 Å². The first-order valence-electron chi connectivity index (χ1n) is 21.8. The topological polar surface area (TPSA) is 151 Å². The lowest BCUT2D eigenvalue weighted by molar-refractivity contribution is -0.255. The number of nitriles is 1. The predicted octanol–water partition coefficient (Wildman–Crippen LogP) is 9.30. The fraction of sp³-hybridized carbons (Fsp3) is 0.373. The van der Waals surface area contributed by atoms with Crippen LogP contribution in [0.25, 0.3) is 0 Å². The number of nitrogens with zero attached hydrogens (tertiary/aromatic N) is 3. The molecule has 1 heterocycles. The molecule has 2 aliphatic carbocycles. The van der Waals surface area contributed by atoms with Gasteiger partial charge in [0.1, 0.15) is 42.0 Å². The molecule has 4 aromatic carbocycles. The van der Waals surface area contributed by atoms with Gasteiger partial charge in [0.2, 0.25) is 5.79 Å². The van der Waals surface area contributed by atoms with Crippen molar-refractivity contribution in [2.75, 3.05) is 26.4 Å². The zero-order valence-corrected chi connectivity index (χ0v) is 35.5. The van der Waals surface area contributed by atoms with E-state index in [2.05, 4.69) is 18.7 Å². The molecule has 6 atom stereocenters. The minimum absolute atomic E-state index is 0.0161. The summed E-state index contributed by atoms with van der Waals surface area (Å²) in [5.74, 6) is -1.65. The van der Waals surface area contributed by atoms with E-state index in [9.17, 15) is 24.7 Å². The van der Waals surface area contributed by atoms with E-state index < -0.39 is 23.6 Å². The van der Waals surface area contributed by atoms with Gasteiger partial charge in [-0.3, -0.25) is 9.59 Å². The molecule has 0 bridgehead atoms. The van der Waals surface area contributed by atoms with Gasteiger partial charge >= 0.3 is 0 Å². The SMILES string of the molecule is C=CCO[C@@]12Oc3ccc(Oc4cccc(C=O)c4)cc3[C@H]3[C@H](CCCCO)[C@@H](CCCCO)C=C(C(=NOCC)C[C@@H]1N(Cc1ccc(F)cc1)C(=O)c1ccc(C#N)cc1)[C@H]32. The Kier molecular flexibility index (Phi) is 14.8. The van der Waals surface area contributed by atoms with Crippen LogP contribution in [0.4, 0.5) is 4.39 Å². The molecule has 0 unspecified atom stereocenters. The molecule has 11 nitrogen and oxygen atoms in total. The third-order valence-electron chi connectivity index (χ3n) is 12.3. The zero-order chi connectivity index (χ0) is 44.3. The Morgan fingerprint density at radius 2 is 1.75 bits per heavy atom. The van der Waals surface area contributed by atoms with E-state index in [1.165, 1.54) is 12.1 Å². The second kappa shape index (κ2) is 20.8. The normalized spacial score (nSPS) is 22.7. The number of fused-ring (bicyclic) bond motifs is 2. The largest absolute Gasteiger partial charge is 0.459 e. The summed E-state index contributed by atoms with van der Waals surface area (Å²) in [5.41, 5.74) is 4.27. The van der Waals surface area contributed by atoms with Crippen LogP contribution >= 0.6 is 0 Å². The fourth-order valence-electron chi connectivity index (χ4n) is 9.60. The lowest BCUT2D eigenvalue weighted by Crippen LogP contribution is -2.70. The van der Waals surface area contributed by atoms with Crippen LogP contribution in [0.1, 0.15) is 95.2 Å². The van der Waals surface area contributed by atoms with E-state index in [4.69, 9.17) is 24.2 Å². The number of aliphatic hydroxyl groups excluding tert-OH is 2. The number of aldehydes is 1. The number of benzene rings is 4. The molecule has 0 saturated heterocycles. The molecule has 0 aromatic heterocycles. The van der Waals surface area contributed by atoms with Crippen molar-refractivity contribution in [2.24, 2.45) is 22.9 Å². The number of carbonyl (C=O) groups is 2. The first-order valence-corrected chi connectivity index (χ1v) is 21.8. The lowest BCUT2D eigenvalue weighted by Gasteiger charge is -2.60. The lowest BCUT2D eigenvalue weighted by atomic mass is 9.55. The number of amides is 1. The maximum absolute atomic E-state index is 15.2. The molecule has 0 spiro atoms. The van der Waals surface area contributed by atoms with Gasteiger partial charge in [0, 0.05) is 48.8 Å². The van der Waals surface area contributed by atoms with Crippen LogP contribution in [0.15, 0.2) is 120 Å². The van der Waals surface area contributed by atoms with E-state index in [0.717, 1.165) is 43.1 Å². The second-order valence-electron chi connectivity index (χ2n) is 16.2. The van der Waals surface area contributed by atoms with Crippen molar-refractivity contribution < 1.29 is 43.2 Å². The first-order chi connectivity index (χ1) is 30.8. The standard InChI is InChI=1S/C51H54FN3O8/c1-3-26-60-51-47(55(32-35-16-20-39(52)21-17-35)50(59)37-18-14-34(31-53)15-19-37)30-45(54-61-4-2)43-28-38(11-5-7-24-56)42(13-6-8-25-57)48(49(43)51)44-29-41(22-23-46(44)63-51)62-40-12-9-10-36(27-40)33-58/h3,9-10,12,14-23,27-29,33,38,42,47-49,56-57H,1,4-8,11,13,24-26,30,32H2,2H3/t38-,42+,47-,48+,49+,51+/m0/s1. The van der Waals surface area contributed by atoms with Gasteiger partial charge in [-0.1, -0.05) is 54.4 Å². The van der Waals surface area contributed by atoms with Crippen molar-refractivity contribution in [1.29, 1.82) is 5.26 Å². The molecule has 1 fully saturated rings. The van der Waals surface area contributed by atoms with E-state index in [-0.39, 0.29) is 56.4 Å². The molecule has 7 rings (SSSR count). The van der Waals surface area contributed by atoms with Gasteiger partial charge in [-0.25, -0.2) is 4.39 Å². The van der Waals surface area contributed by atoms with Crippen molar-refractivity contribution in [3.63, 3.8) is 0 Å². The van der Waals surface area contributed by atoms with Gasteiger partial charge < -0.3 is 34.2 Å². The molecule has 12 heteroatoms. The number of aliphatic hydroxyl groups is 2. The fourth-order valence-corrected chi connectivity index (χ4v) is 9.60. The van der Waals surface area contributed by atoms with Crippen LogP contribution in [-0.2, 0) is 16.1 Å². The average molecular weight is 856 g/mol. The number of allylic oxidation sites excluding steroid dienone is 1. The van der Waals surface area contributed by atoms with Crippen molar-refractivity contribution >= 4 is 17.9 Å². The number of ether oxygens (including phenoxy) is 3. The molecular weight excluding hydrogens is 802 g/mol. The third-order valence-corrected chi connectivity index (χ3v) is 12.3. The monoisotopic (exact) mass is 855 g/mol. The second-order valence-corrected chi connectivity index (χ2v) is 16.2. The Hall–Kier alpha value is -6.13. The van der Waals surface area contributed by atoms with Gasteiger partial charge in [-0.2, -0.15) is 5.26 Å². The molecule has 1 amide bonds. The van der Waals surface area contributed by atoms with Crippen molar-refractivity contribution in [3.05, 3.63) is 149 Å². The number of hydrogen-bond acceptors (Lipinski definition) is 10. The molecule has 2 N–H and O–H groups in total. The first kappa shape index (κ1) is 44.9. The Balaban J connectivity index is 1.47. The maximum Gasteiger partial charge on any atom is 0.254 e. The van der Waals surface area contributed by atoms with Crippen molar-refractivity contribution in [1.82, 2.24) is 4.90 Å². The number of halogens is 1. The molecule has 4 aromatic rings. The molecule has 0 radical (unpaired) electrons. The van der Waals surface area contributed by atoms with Gasteiger partial charge in [0.05, 0.1) is 29.9 Å². The Bertz CT molecular complexity index is 2340. The van der Waals surface area contributed by atoms with E-state index in [1.807, 2.05) is 25.1 Å². The summed E-state index contributed by atoms with van der Waals surface area (Å²) in [6.07, 6.45) is 9.15. The van der Waals surface area contributed by atoms with Crippen molar-refractivity contribution in [2.45, 2.75) is 76.2 Å². The number of carbonyl (C=O) groups excluding carboxylic acids is 2. The Morgan fingerprint density at radius 3 is 2.44 bits per heavy atom. The van der Waals surface area contributed by atoms with Crippen LogP contribution < -0.4 is 9.47 Å². The molecule has 63 heavy (non-hydrogen) atoms. The minimum Gasteiger partial charge on any atom is -0.459 e. The molecule has 328 valence electrons. The summed E-state index contributed by atoms with van der Waals surface area (Å²) in [5, 5.41) is 34.2. The average Bonchev–Trinajstić information content (AvgIpc) is 3.31. The highest BCUT2D eigenvalue weighted by Crippen LogP contribution is 2.62. The number of rotatable bonds is 20. The summed E-state index contributed by atoms with van der Waals surface area (Å²) < 4.78 is 35.2. The summed E-state index contributed by atoms with van der Waals surface area (Å²) in [7, 11) is 0. The van der Waals surface area contributed by atoms with Crippen LogP contribution in [-0.4, -0.2) is 71.3 Å².